The Hall–Kier alpha value is -2.31. The summed E-state index contributed by atoms with van der Waals surface area (Å²) in [6.07, 6.45) is 16.3. The Kier molecular flexibility index (Phi) is 11.3. The van der Waals surface area contributed by atoms with Crippen molar-refractivity contribution in [1.82, 2.24) is 0 Å². The number of hydrogen-bond donors (Lipinski definition) is 1. The molecular weight excluding hydrogens is 456 g/mol. The highest BCUT2D eigenvalue weighted by atomic mass is 16.5. The van der Waals surface area contributed by atoms with Gasteiger partial charge >= 0.3 is 5.63 Å². The largest absolute Gasteiger partial charge is 0.483 e. The van der Waals surface area contributed by atoms with E-state index in [1.165, 1.54) is 70.3 Å². The van der Waals surface area contributed by atoms with Crippen LogP contribution in [0, 0.1) is 0 Å². The van der Waals surface area contributed by atoms with Gasteiger partial charge in [-0.15, -0.1) is 0 Å². The summed E-state index contributed by atoms with van der Waals surface area (Å²) < 4.78 is 22.9. The van der Waals surface area contributed by atoms with Crippen molar-refractivity contribution in [2.45, 2.75) is 110 Å². The standard InChI is InChI=1S/C30H44O6/c1-4-5-6-7-8-9-10-11-12-13-14-15-19-35-30(2,3)25(31)22-34-29-27-24(18-20-33-27)21-23-16-17-26(32)36-28(23)29/h16-18,20-21,25,31H,4-15,19,22H2,1-3H3/t25-/m0/s1. The van der Waals surface area contributed by atoms with Gasteiger partial charge in [-0.25, -0.2) is 4.79 Å². The van der Waals surface area contributed by atoms with Crippen molar-refractivity contribution in [2.75, 3.05) is 13.2 Å². The molecule has 0 spiro atoms. The zero-order valence-corrected chi connectivity index (χ0v) is 22.4. The minimum Gasteiger partial charge on any atom is -0.483 e. The predicted octanol–water partition coefficient (Wildman–Crippen LogP) is 7.78. The first kappa shape index (κ1) is 28.3. The lowest BCUT2D eigenvalue weighted by Crippen LogP contribution is -2.43. The lowest BCUT2D eigenvalue weighted by molar-refractivity contribution is -0.113. The highest BCUT2D eigenvalue weighted by molar-refractivity contribution is 5.99. The topological polar surface area (TPSA) is 82.0 Å². The zero-order valence-electron chi connectivity index (χ0n) is 22.4. The molecule has 0 unspecified atom stereocenters. The molecule has 3 aromatic rings. The van der Waals surface area contributed by atoms with Gasteiger partial charge in [0.15, 0.2) is 11.2 Å². The van der Waals surface area contributed by atoms with Gasteiger partial charge in [0.2, 0.25) is 5.75 Å². The molecule has 0 radical (unpaired) electrons. The predicted molar refractivity (Wildman–Crippen MR) is 145 cm³/mol. The third-order valence-corrected chi connectivity index (χ3v) is 6.94. The number of aliphatic hydroxyl groups is 1. The van der Waals surface area contributed by atoms with E-state index in [1.807, 2.05) is 26.0 Å². The molecule has 1 N–H and O–H groups in total. The smallest absolute Gasteiger partial charge is 0.336 e. The molecule has 0 aliphatic rings. The van der Waals surface area contributed by atoms with Gasteiger partial charge in [0.05, 0.1) is 11.9 Å². The molecular formula is C30H44O6. The van der Waals surface area contributed by atoms with Gasteiger partial charge in [0.25, 0.3) is 0 Å². The zero-order chi connectivity index (χ0) is 25.8. The molecule has 6 nitrogen and oxygen atoms in total. The summed E-state index contributed by atoms with van der Waals surface area (Å²) in [7, 11) is 0. The second-order valence-corrected chi connectivity index (χ2v) is 10.4. The van der Waals surface area contributed by atoms with E-state index < -0.39 is 17.3 Å². The molecule has 2 aromatic heterocycles. The monoisotopic (exact) mass is 500 g/mol. The highest BCUT2D eigenvalue weighted by Gasteiger charge is 2.30. The second kappa shape index (κ2) is 14.4. The number of unbranched alkanes of at least 4 members (excludes halogenated alkanes) is 11. The second-order valence-electron chi connectivity index (χ2n) is 10.4. The molecule has 2 heterocycles. The van der Waals surface area contributed by atoms with E-state index in [1.54, 1.807) is 12.3 Å². The average Bonchev–Trinajstić information content (AvgIpc) is 3.33. The van der Waals surface area contributed by atoms with E-state index in [4.69, 9.17) is 18.3 Å². The molecule has 0 saturated heterocycles. The molecule has 36 heavy (non-hydrogen) atoms. The third-order valence-electron chi connectivity index (χ3n) is 6.94. The van der Waals surface area contributed by atoms with Crippen LogP contribution in [-0.2, 0) is 4.74 Å². The molecule has 1 atom stereocenters. The fourth-order valence-electron chi connectivity index (χ4n) is 4.47. The van der Waals surface area contributed by atoms with E-state index in [0.29, 0.717) is 23.5 Å². The number of hydrogen-bond acceptors (Lipinski definition) is 6. The molecule has 0 saturated carbocycles. The van der Waals surface area contributed by atoms with Gasteiger partial charge < -0.3 is 23.4 Å². The first-order chi connectivity index (χ1) is 17.4. The Morgan fingerprint density at radius 3 is 2.14 bits per heavy atom. The van der Waals surface area contributed by atoms with Crippen molar-refractivity contribution >= 4 is 21.9 Å². The molecule has 6 heteroatoms. The number of aliphatic hydroxyl groups excluding tert-OH is 1. The maximum absolute atomic E-state index is 11.8. The highest BCUT2D eigenvalue weighted by Crippen LogP contribution is 2.35. The van der Waals surface area contributed by atoms with Crippen molar-refractivity contribution in [3.8, 4) is 5.75 Å². The summed E-state index contributed by atoms with van der Waals surface area (Å²) in [5.41, 5.74) is -0.442. The number of rotatable bonds is 18. The Morgan fingerprint density at radius 2 is 1.47 bits per heavy atom. The summed E-state index contributed by atoms with van der Waals surface area (Å²) in [6.45, 7) is 6.59. The summed E-state index contributed by atoms with van der Waals surface area (Å²) in [5.74, 6) is 0.320. The lowest BCUT2D eigenvalue weighted by Gasteiger charge is -2.30. The first-order valence-corrected chi connectivity index (χ1v) is 13.8. The van der Waals surface area contributed by atoms with E-state index in [9.17, 15) is 9.90 Å². The Labute approximate surface area is 215 Å². The van der Waals surface area contributed by atoms with Crippen LogP contribution in [0.1, 0.15) is 97.8 Å². The van der Waals surface area contributed by atoms with Gasteiger partial charge in [-0.1, -0.05) is 77.6 Å². The van der Waals surface area contributed by atoms with Crippen molar-refractivity contribution in [3.05, 3.63) is 40.9 Å². The van der Waals surface area contributed by atoms with E-state index >= 15 is 0 Å². The van der Waals surface area contributed by atoms with Crippen molar-refractivity contribution in [2.24, 2.45) is 0 Å². The van der Waals surface area contributed by atoms with Crippen LogP contribution < -0.4 is 10.4 Å². The fourth-order valence-corrected chi connectivity index (χ4v) is 4.47. The molecule has 0 fully saturated rings. The van der Waals surface area contributed by atoms with Crippen LogP contribution in [0.25, 0.3) is 21.9 Å². The van der Waals surface area contributed by atoms with Crippen LogP contribution in [0.3, 0.4) is 0 Å². The SMILES string of the molecule is CCCCCCCCCCCCCCOC(C)(C)[C@@H](O)COc1c2occc2cc2ccc(=O)oc12. The van der Waals surface area contributed by atoms with Crippen LogP contribution in [0.2, 0.25) is 0 Å². The maximum atomic E-state index is 11.8. The van der Waals surface area contributed by atoms with Crippen LogP contribution in [0.15, 0.2) is 44.2 Å². The lowest BCUT2D eigenvalue weighted by atomic mass is 10.0. The Morgan fingerprint density at radius 1 is 0.861 bits per heavy atom. The van der Waals surface area contributed by atoms with Crippen molar-refractivity contribution < 1.29 is 23.4 Å². The van der Waals surface area contributed by atoms with E-state index in [-0.39, 0.29) is 6.61 Å². The third kappa shape index (κ3) is 8.38. The minimum absolute atomic E-state index is 0.0149. The maximum Gasteiger partial charge on any atom is 0.336 e. The molecule has 200 valence electrons. The van der Waals surface area contributed by atoms with Gasteiger partial charge in [0.1, 0.15) is 12.7 Å². The molecule has 0 aliphatic heterocycles. The number of benzene rings is 1. The quantitative estimate of drug-likeness (QED) is 0.142. The van der Waals surface area contributed by atoms with E-state index in [2.05, 4.69) is 6.92 Å². The molecule has 0 aliphatic carbocycles. The van der Waals surface area contributed by atoms with Gasteiger partial charge in [-0.2, -0.15) is 0 Å². The normalized spacial score (nSPS) is 13.0. The molecule has 3 rings (SSSR count). The van der Waals surface area contributed by atoms with Crippen LogP contribution in [0.4, 0.5) is 0 Å². The van der Waals surface area contributed by atoms with Crippen LogP contribution in [0.5, 0.6) is 5.75 Å². The summed E-state index contributed by atoms with van der Waals surface area (Å²) >= 11 is 0. The number of ether oxygens (including phenoxy) is 2. The van der Waals surface area contributed by atoms with Crippen molar-refractivity contribution in [1.29, 1.82) is 0 Å². The molecule has 0 amide bonds. The minimum atomic E-state index is -0.870. The van der Waals surface area contributed by atoms with Crippen molar-refractivity contribution in [3.63, 3.8) is 0 Å². The first-order valence-electron chi connectivity index (χ1n) is 13.8. The van der Waals surface area contributed by atoms with Crippen LogP contribution in [-0.4, -0.2) is 30.0 Å². The van der Waals surface area contributed by atoms with E-state index in [0.717, 1.165) is 23.6 Å². The average molecular weight is 501 g/mol. The Bertz CT molecular complexity index is 1100. The number of fused-ring (bicyclic) bond motifs is 2. The Balaban J connectivity index is 1.37. The number of furan rings is 1. The molecule has 0 bridgehead atoms. The fraction of sp³-hybridized carbons (Fsp3) is 0.633. The van der Waals surface area contributed by atoms with Gasteiger partial charge in [0, 0.05) is 23.4 Å². The summed E-state index contributed by atoms with van der Waals surface area (Å²) in [6, 6.07) is 6.77. The van der Waals surface area contributed by atoms with Gasteiger partial charge in [-0.3, -0.25) is 0 Å². The van der Waals surface area contributed by atoms with Gasteiger partial charge in [-0.05, 0) is 38.5 Å². The molecule has 1 aromatic carbocycles. The van der Waals surface area contributed by atoms with Crippen LogP contribution >= 0.6 is 0 Å². The summed E-state index contributed by atoms with van der Waals surface area (Å²) in [5, 5.41) is 12.4. The summed E-state index contributed by atoms with van der Waals surface area (Å²) in [4.78, 5) is 11.8.